The van der Waals surface area contributed by atoms with Crippen LogP contribution in [0.1, 0.15) is 31.0 Å². The molecular weight excluding hydrogens is 538 g/mol. The Hall–Kier alpha value is -4.42. The predicted octanol–water partition coefficient (Wildman–Crippen LogP) is 3.65. The van der Waals surface area contributed by atoms with Gasteiger partial charge in [-0.15, -0.1) is 0 Å². The number of aromatic nitrogens is 3. The lowest BCUT2D eigenvalue weighted by Crippen LogP contribution is -2.39. The fraction of sp³-hybridized carbons (Fsp3) is 0.148. The minimum Gasteiger partial charge on any atom is -0.463 e. The average molecular weight is 560 g/mol. The first-order valence-electron chi connectivity index (χ1n) is 11.8. The topological polar surface area (TPSA) is 130 Å². The smallest absolute Gasteiger partial charge is 0.338 e. The Bertz CT molecular complexity index is 1780. The molecule has 5 rings (SSSR count). The monoisotopic (exact) mass is 559 g/mol. The minimum atomic E-state index is -0.720. The van der Waals surface area contributed by atoms with Gasteiger partial charge >= 0.3 is 5.97 Å². The number of ether oxygens (including phenoxy) is 1. The van der Waals surface area contributed by atoms with Gasteiger partial charge < -0.3 is 4.74 Å². The molecule has 1 aliphatic rings. The van der Waals surface area contributed by atoms with Crippen LogP contribution in [0.4, 0.5) is 5.69 Å². The van der Waals surface area contributed by atoms with E-state index in [0.717, 1.165) is 28.7 Å². The average Bonchev–Trinajstić information content (AvgIpc) is 3.23. The molecule has 0 spiro atoms. The molecule has 0 aliphatic carbocycles. The zero-order chi connectivity index (χ0) is 27.5. The van der Waals surface area contributed by atoms with Crippen LogP contribution < -0.4 is 14.9 Å². The molecule has 39 heavy (non-hydrogen) atoms. The van der Waals surface area contributed by atoms with Crippen molar-refractivity contribution in [1.82, 2.24) is 14.5 Å². The number of nitro groups is 1. The molecule has 0 N–H and O–H groups in total. The largest absolute Gasteiger partial charge is 0.463 e. The second kappa shape index (κ2) is 11.1. The summed E-state index contributed by atoms with van der Waals surface area (Å²) >= 11 is 2.24. The highest BCUT2D eigenvalue weighted by molar-refractivity contribution is 7.99. The van der Waals surface area contributed by atoms with Gasteiger partial charge in [-0.1, -0.05) is 47.7 Å². The summed E-state index contributed by atoms with van der Waals surface area (Å²) in [7, 11) is 0. The van der Waals surface area contributed by atoms with E-state index in [1.54, 1.807) is 50.5 Å². The summed E-state index contributed by atoms with van der Waals surface area (Å²) in [5, 5.41) is 12.2. The molecule has 0 unspecified atom stereocenters. The number of nitro benzene ring substituents is 1. The number of thiazole rings is 1. The zero-order valence-electron chi connectivity index (χ0n) is 20.8. The molecule has 3 heterocycles. The maximum Gasteiger partial charge on any atom is 0.338 e. The van der Waals surface area contributed by atoms with Crippen molar-refractivity contribution in [1.29, 1.82) is 0 Å². The van der Waals surface area contributed by atoms with E-state index in [2.05, 4.69) is 15.0 Å². The molecular formula is C27H21N5O5S2. The Morgan fingerprint density at radius 1 is 1.18 bits per heavy atom. The number of hydrogen-bond acceptors (Lipinski definition) is 10. The molecule has 0 saturated carbocycles. The Balaban J connectivity index is 1.62. The number of nitrogens with zero attached hydrogens (tertiary/aromatic N) is 5. The van der Waals surface area contributed by atoms with E-state index in [1.807, 2.05) is 30.3 Å². The van der Waals surface area contributed by atoms with Crippen molar-refractivity contribution in [3.05, 3.63) is 119 Å². The highest BCUT2D eigenvalue weighted by Crippen LogP contribution is 2.34. The molecule has 0 fully saturated rings. The van der Waals surface area contributed by atoms with Gasteiger partial charge in [-0.2, -0.15) is 0 Å². The maximum absolute atomic E-state index is 13.7. The molecule has 0 saturated heterocycles. The van der Waals surface area contributed by atoms with Crippen LogP contribution in [-0.4, -0.2) is 32.0 Å². The lowest BCUT2D eigenvalue weighted by molar-refractivity contribution is -0.387. The van der Waals surface area contributed by atoms with Gasteiger partial charge in [-0.05, 0) is 54.9 Å². The van der Waals surface area contributed by atoms with Gasteiger partial charge in [0.1, 0.15) is 0 Å². The van der Waals surface area contributed by atoms with Crippen molar-refractivity contribution in [3.8, 4) is 0 Å². The van der Waals surface area contributed by atoms with Crippen molar-refractivity contribution >= 4 is 40.8 Å². The van der Waals surface area contributed by atoms with E-state index in [9.17, 15) is 19.7 Å². The summed E-state index contributed by atoms with van der Waals surface area (Å²) in [6, 6.07) is 14.9. The summed E-state index contributed by atoms with van der Waals surface area (Å²) in [5.74, 6) is -0.534. The number of carbonyl (C=O) groups excluding carboxylic acids is 1. The highest BCUT2D eigenvalue weighted by atomic mass is 32.2. The number of fused-ring (bicyclic) bond motifs is 1. The molecule has 0 bridgehead atoms. The Morgan fingerprint density at radius 2 is 1.92 bits per heavy atom. The third-order valence-electron chi connectivity index (χ3n) is 5.85. The first-order valence-corrected chi connectivity index (χ1v) is 13.5. The number of benzene rings is 2. The van der Waals surface area contributed by atoms with Gasteiger partial charge in [0.15, 0.2) is 9.96 Å². The van der Waals surface area contributed by atoms with Crippen LogP contribution >= 0.6 is 23.1 Å². The molecule has 196 valence electrons. The van der Waals surface area contributed by atoms with E-state index >= 15 is 0 Å². The number of carbonyl (C=O) groups is 1. The second-order valence-corrected chi connectivity index (χ2v) is 10.3. The molecule has 0 radical (unpaired) electrons. The summed E-state index contributed by atoms with van der Waals surface area (Å²) in [6.07, 6.45) is 4.72. The number of hydrogen-bond donors (Lipinski definition) is 0. The molecule has 1 atom stereocenters. The van der Waals surface area contributed by atoms with Crippen molar-refractivity contribution in [2.45, 2.75) is 29.9 Å². The number of esters is 1. The SMILES string of the molecule is CCOC(=O)C1=C(C)N=c2s/c(=C/c3ccc(Sc4ncccn4)c([N+](=O)[O-])c3)c(=O)n2[C@@H]1c1ccccc1. The van der Waals surface area contributed by atoms with Crippen molar-refractivity contribution in [3.63, 3.8) is 0 Å². The molecule has 12 heteroatoms. The first-order chi connectivity index (χ1) is 18.9. The summed E-state index contributed by atoms with van der Waals surface area (Å²) < 4.78 is 7.11. The molecule has 1 aliphatic heterocycles. The van der Waals surface area contributed by atoms with Gasteiger partial charge in [0.2, 0.25) is 0 Å². The molecule has 2 aromatic carbocycles. The van der Waals surface area contributed by atoms with Gasteiger partial charge in [0.25, 0.3) is 11.2 Å². The van der Waals surface area contributed by atoms with Crippen LogP contribution in [-0.2, 0) is 9.53 Å². The van der Waals surface area contributed by atoms with Crippen molar-refractivity contribution in [2.75, 3.05) is 6.61 Å². The van der Waals surface area contributed by atoms with Gasteiger partial charge in [-0.3, -0.25) is 19.5 Å². The summed E-state index contributed by atoms with van der Waals surface area (Å²) in [5.41, 5.74) is 1.49. The predicted molar refractivity (Wildman–Crippen MR) is 146 cm³/mol. The minimum absolute atomic E-state index is 0.128. The highest BCUT2D eigenvalue weighted by Gasteiger charge is 2.33. The van der Waals surface area contributed by atoms with E-state index < -0.39 is 16.9 Å². The Labute approximate surface area is 230 Å². The number of rotatable bonds is 7. The van der Waals surface area contributed by atoms with E-state index in [1.165, 1.54) is 10.6 Å². The molecule has 4 aromatic rings. The van der Waals surface area contributed by atoms with Gasteiger partial charge in [0, 0.05) is 18.5 Å². The van der Waals surface area contributed by atoms with E-state index in [-0.39, 0.29) is 17.9 Å². The second-order valence-electron chi connectivity index (χ2n) is 8.33. The number of allylic oxidation sites excluding steroid dienone is 1. The molecule has 2 aromatic heterocycles. The van der Waals surface area contributed by atoms with Crippen molar-refractivity contribution < 1.29 is 14.5 Å². The lowest BCUT2D eigenvalue weighted by Gasteiger charge is -2.24. The Morgan fingerprint density at radius 3 is 2.62 bits per heavy atom. The molecule has 0 amide bonds. The van der Waals surface area contributed by atoms with Crippen LogP contribution in [0, 0.1) is 10.1 Å². The summed E-state index contributed by atoms with van der Waals surface area (Å²) in [6.45, 7) is 3.62. The molecule has 10 nitrogen and oxygen atoms in total. The zero-order valence-corrected chi connectivity index (χ0v) is 22.4. The van der Waals surface area contributed by atoms with Crippen LogP contribution in [0.15, 0.2) is 98.1 Å². The fourth-order valence-corrected chi connectivity index (χ4v) is 6.03. The standard InChI is InChI=1S/C27H21N5O5S2/c1-3-37-25(34)22-16(2)30-27-31(23(22)18-8-5-4-6-9-18)24(33)21(39-27)15-17-10-11-20(19(14-17)32(35)36)38-26-28-12-7-13-29-26/h4-15,23H,3H2,1-2H3/b21-15+/t23-/m1/s1. The fourth-order valence-electron chi connectivity index (χ4n) is 4.18. The maximum atomic E-state index is 13.7. The van der Waals surface area contributed by atoms with Crippen molar-refractivity contribution in [2.24, 2.45) is 4.99 Å². The van der Waals surface area contributed by atoms with Crippen LogP contribution in [0.25, 0.3) is 6.08 Å². The quantitative estimate of drug-likeness (QED) is 0.145. The normalized spacial score (nSPS) is 15.0. The van der Waals surface area contributed by atoms with Crippen LogP contribution in [0.2, 0.25) is 0 Å². The van der Waals surface area contributed by atoms with Gasteiger partial charge in [0.05, 0.1) is 38.3 Å². The van der Waals surface area contributed by atoms with Crippen LogP contribution in [0.5, 0.6) is 0 Å². The summed E-state index contributed by atoms with van der Waals surface area (Å²) in [4.78, 5) is 51.6. The van der Waals surface area contributed by atoms with Gasteiger partial charge in [-0.25, -0.2) is 19.8 Å². The van der Waals surface area contributed by atoms with E-state index in [0.29, 0.717) is 36.2 Å². The lowest BCUT2D eigenvalue weighted by atomic mass is 9.96. The Kier molecular flexibility index (Phi) is 7.48. The third kappa shape index (κ3) is 5.29. The van der Waals surface area contributed by atoms with E-state index in [4.69, 9.17) is 4.74 Å². The van der Waals surface area contributed by atoms with Crippen LogP contribution in [0.3, 0.4) is 0 Å². The third-order valence-corrected chi connectivity index (χ3v) is 7.79. The first kappa shape index (κ1) is 26.2.